The van der Waals surface area contributed by atoms with E-state index in [1.807, 2.05) is 36.6 Å². The van der Waals surface area contributed by atoms with Gasteiger partial charge in [-0.2, -0.15) is 0 Å². The first kappa shape index (κ1) is 17.2. The number of nitrogens with one attached hydrogen (secondary N) is 2. The standard InChI is InChI=1S/C16H15N5O2S2/c1-9-18-12(7-24-9)10-3-2-4-11(5-10)19-15(23)8-25-16-20-13(17)6-14(22)21-16/h2-7H,8H2,1H3,(H,19,23)(H3,17,20,21,22). The van der Waals surface area contributed by atoms with Crippen LogP contribution in [0.25, 0.3) is 11.3 Å². The fourth-order valence-corrected chi connectivity index (χ4v) is 3.41. The van der Waals surface area contributed by atoms with Crippen LogP contribution in [-0.2, 0) is 4.79 Å². The number of aromatic amines is 1. The van der Waals surface area contributed by atoms with Crippen LogP contribution in [0.15, 0.2) is 45.7 Å². The molecule has 1 aromatic carbocycles. The molecule has 25 heavy (non-hydrogen) atoms. The molecule has 7 nitrogen and oxygen atoms in total. The van der Waals surface area contributed by atoms with Gasteiger partial charge < -0.3 is 16.0 Å². The molecule has 128 valence electrons. The lowest BCUT2D eigenvalue weighted by Gasteiger charge is -2.06. The lowest BCUT2D eigenvalue weighted by atomic mass is 10.1. The van der Waals surface area contributed by atoms with Gasteiger partial charge in [0.15, 0.2) is 5.16 Å². The fraction of sp³-hybridized carbons (Fsp3) is 0.125. The number of hydrogen-bond donors (Lipinski definition) is 3. The summed E-state index contributed by atoms with van der Waals surface area (Å²) in [6, 6.07) is 8.68. The molecule has 2 heterocycles. The number of aryl methyl sites for hydroxylation is 1. The smallest absolute Gasteiger partial charge is 0.253 e. The van der Waals surface area contributed by atoms with Crippen LogP contribution in [0.3, 0.4) is 0 Å². The Bertz CT molecular complexity index is 967. The number of rotatable bonds is 5. The Morgan fingerprint density at radius 3 is 2.92 bits per heavy atom. The molecule has 0 bridgehead atoms. The third-order valence-electron chi connectivity index (χ3n) is 3.14. The topological polar surface area (TPSA) is 114 Å². The van der Waals surface area contributed by atoms with Crippen molar-refractivity contribution in [2.75, 3.05) is 16.8 Å². The number of aromatic nitrogens is 3. The van der Waals surface area contributed by atoms with E-state index in [1.54, 1.807) is 11.3 Å². The molecule has 1 amide bonds. The second-order valence-electron chi connectivity index (χ2n) is 5.14. The van der Waals surface area contributed by atoms with Crippen molar-refractivity contribution in [3.05, 3.63) is 51.1 Å². The number of hydrogen-bond acceptors (Lipinski definition) is 7. The number of carbonyl (C=O) groups is 1. The van der Waals surface area contributed by atoms with Crippen molar-refractivity contribution in [1.82, 2.24) is 15.0 Å². The molecule has 0 unspecified atom stereocenters. The fourth-order valence-electron chi connectivity index (χ4n) is 2.10. The molecule has 0 saturated heterocycles. The Labute approximate surface area is 151 Å². The van der Waals surface area contributed by atoms with Gasteiger partial charge in [-0.15, -0.1) is 11.3 Å². The Morgan fingerprint density at radius 2 is 2.20 bits per heavy atom. The minimum Gasteiger partial charge on any atom is -0.383 e. The largest absolute Gasteiger partial charge is 0.383 e. The zero-order valence-electron chi connectivity index (χ0n) is 13.3. The average molecular weight is 373 g/mol. The van der Waals surface area contributed by atoms with E-state index in [-0.39, 0.29) is 23.0 Å². The molecule has 0 radical (unpaired) electrons. The summed E-state index contributed by atoms with van der Waals surface area (Å²) in [6.45, 7) is 1.95. The highest BCUT2D eigenvalue weighted by Crippen LogP contribution is 2.24. The van der Waals surface area contributed by atoms with Gasteiger partial charge in [-0.25, -0.2) is 9.97 Å². The van der Waals surface area contributed by atoms with Crippen molar-refractivity contribution in [2.24, 2.45) is 0 Å². The summed E-state index contributed by atoms with van der Waals surface area (Å²) in [6.07, 6.45) is 0. The van der Waals surface area contributed by atoms with Gasteiger partial charge in [-0.1, -0.05) is 23.9 Å². The third kappa shape index (κ3) is 4.68. The van der Waals surface area contributed by atoms with Crippen LogP contribution >= 0.6 is 23.1 Å². The predicted molar refractivity (Wildman–Crippen MR) is 101 cm³/mol. The highest BCUT2D eigenvalue weighted by molar-refractivity contribution is 7.99. The maximum absolute atomic E-state index is 12.1. The maximum Gasteiger partial charge on any atom is 0.253 e. The van der Waals surface area contributed by atoms with Gasteiger partial charge >= 0.3 is 0 Å². The van der Waals surface area contributed by atoms with Crippen molar-refractivity contribution < 1.29 is 4.79 Å². The van der Waals surface area contributed by atoms with Crippen molar-refractivity contribution in [3.8, 4) is 11.3 Å². The van der Waals surface area contributed by atoms with Gasteiger partial charge in [0.05, 0.1) is 16.5 Å². The third-order valence-corrected chi connectivity index (χ3v) is 4.79. The minimum absolute atomic E-state index is 0.104. The Balaban J connectivity index is 1.64. The average Bonchev–Trinajstić information content (AvgIpc) is 2.99. The molecule has 4 N–H and O–H groups in total. The predicted octanol–water partition coefficient (Wildman–Crippen LogP) is 2.51. The number of thiazole rings is 1. The van der Waals surface area contributed by atoms with Gasteiger partial charge in [-0.05, 0) is 19.1 Å². The lowest BCUT2D eigenvalue weighted by molar-refractivity contribution is -0.113. The summed E-state index contributed by atoms with van der Waals surface area (Å²) in [7, 11) is 0. The highest BCUT2D eigenvalue weighted by Gasteiger charge is 2.08. The quantitative estimate of drug-likeness (QED) is 0.468. The molecule has 0 aliphatic rings. The minimum atomic E-state index is -0.346. The molecule has 2 aromatic heterocycles. The molecular weight excluding hydrogens is 358 g/mol. The van der Waals surface area contributed by atoms with Crippen LogP contribution in [0.1, 0.15) is 5.01 Å². The summed E-state index contributed by atoms with van der Waals surface area (Å²) in [4.78, 5) is 34.4. The molecule has 0 aliphatic heterocycles. The van der Waals surface area contributed by atoms with Crippen molar-refractivity contribution in [3.63, 3.8) is 0 Å². The van der Waals surface area contributed by atoms with Crippen LogP contribution in [0, 0.1) is 6.92 Å². The number of carbonyl (C=O) groups excluding carboxylic acids is 1. The van der Waals surface area contributed by atoms with E-state index in [4.69, 9.17) is 5.73 Å². The number of benzene rings is 1. The summed E-state index contributed by atoms with van der Waals surface area (Å²) >= 11 is 2.69. The van der Waals surface area contributed by atoms with E-state index in [0.717, 1.165) is 28.0 Å². The zero-order valence-corrected chi connectivity index (χ0v) is 14.9. The monoisotopic (exact) mass is 373 g/mol. The van der Waals surface area contributed by atoms with E-state index in [9.17, 15) is 9.59 Å². The molecule has 3 aromatic rings. The first-order valence-corrected chi connectivity index (χ1v) is 9.18. The second-order valence-corrected chi connectivity index (χ2v) is 7.17. The molecule has 0 saturated carbocycles. The molecule has 0 spiro atoms. The van der Waals surface area contributed by atoms with Gasteiger partial charge in [0.2, 0.25) is 5.91 Å². The van der Waals surface area contributed by atoms with Crippen LogP contribution in [0.4, 0.5) is 11.5 Å². The number of nitrogens with two attached hydrogens (primary N) is 1. The first-order chi connectivity index (χ1) is 12.0. The second kappa shape index (κ2) is 7.49. The van der Waals surface area contributed by atoms with E-state index in [2.05, 4.69) is 20.3 Å². The van der Waals surface area contributed by atoms with E-state index >= 15 is 0 Å². The Kier molecular flexibility index (Phi) is 5.15. The van der Waals surface area contributed by atoms with Gasteiger partial charge in [0.25, 0.3) is 5.56 Å². The highest BCUT2D eigenvalue weighted by atomic mass is 32.2. The SMILES string of the molecule is Cc1nc(-c2cccc(NC(=O)CSc3nc(N)cc(=O)[nH]3)c2)cs1. The Morgan fingerprint density at radius 1 is 1.36 bits per heavy atom. The van der Waals surface area contributed by atoms with Gasteiger partial charge in [0.1, 0.15) is 5.82 Å². The molecule has 0 atom stereocenters. The summed E-state index contributed by atoms with van der Waals surface area (Å²) < 4.78 is 0. The molecule has 3 rings (SSSR count). The maximum atomic E-state index is 12.1. The van der Waals surface area contributed by atoms with Crippen LogP contribution in [0.2, 0.25) is 0 Å². The summed E-state index contributed by atoms with van der Waals surface area (Å²) in [5.41, 5.74) is 7.68. The molecule has 9 heteroatoms. The normalized spacial score (nSPS) is 10.6. The van der Waals surface area contributed by atoms with Crippen molar-refractivity contribution >= 4 is 40.5 Å². The lowest BCUT2D eigenvalue weighted by Crippen LogP contribution is -2.15. The number of anilines is 2. The first-order valence-electron chi connectivity index (χ1n) is 7.31. The number of thioether (sulfide) groups is 1. The molecular formula is C16H15N5O2S2. The van der Waals surface area contributed by atoms with E-state index in [0.29, 0.717) is 10.8 Å². The molecule has 0 aliphatic carbocycles. The van der Waals surface area contributed by atoms with Crippen LogP contribution in [-0.4, -0.2) is 26.6 Å². The summed E-state index contributed by atoms with van der Waals surface area (Å²) in [5, 5.41) is 6.11. The number of nitrogens with zero attached hydrogens (tertiary/aromatic N) is 2. The number of nitrogen functional groups attached to an aromatic ring is 1. The number of H-pyrrole nitrogens is 1. The van der Waals surface area contributed by atoms with Gasteiger partial charge in [-0.3, -0.25) is 9.59 Å². The summed E-state index contributed by atoms with van der Waals surface area (Å²) in [5.74, 6) is 0.0199. The number of amides is 1. The van der Waals surface area contributed by atoms with Crippen molar-refractivity contribution in [1.29, 1.82) is 0 Å². The van der Waals surface area contributed by atoms with E-state index < -0.39 is 0 Å². The van der Waals surface area contributed by atoms with Crippen LogP contribution < -0.4 is 16.6 Å². The van der Waals surface area contributed by atoms with Gasteiger partial charge in [0, 0.05) is 22.7 Å². The van der Waals surface area contributed by atoms with E-state index in [1.165, 1.54) is 6.07 Å². The molecule has 0 fully saturated rings. The van der Waals surface area contributed by atoms with Crippen LogP contribution in [0.5, 0.6) is 0 Å². The van der Waals surface area contributed by atoms with Crippen molar-refractivity contribution in [2.45, 2.75) is 12.1 Å². The zero-order chi connectivity index (χ0) is 17.8. The Hall–Kier alpha value is -2.65.